The average Bonchev–Trinajstić information content (AvgIpc) is 3.30. The van der Waals surface area contributed by atoms with Crippen molar-refractivity contribution in [2.45, 2.75) is 32.0 Å². The van der Waals surface area contributed by atoms with E-state index in [-0.39, 0.29) is 17.8 Å². The lowest BCUT2D eigenvalue weighted by atomic mass is 10.3. The summed E-state index contributed by atoms with van der Waals surface area (Å²) in [4.78, 5) is 11.9. The molecule has 0 aliphatic carbocycles. The molecule has 0 aliphatic rings. The van der Waals surface area contributed by atoms with Gasteiger partial charge in [-0.2, -0.15) is 0 Å². The molecule has 0 amide bonds. The van der Waals surface area contributed by atoms with Gasteiger partial charge in [0.05, 0.1) is 30.4 Å². The van der Waals surface area contributed by atoms with Gasteiger partial charge in [0.25, 0.3) is 0 Å². The number of esters is 1. The molecule has 0 radical (unpaired) electrons. The topological polar surface area (TPSA) is 79.4 Å². The number of thioether (sulfide) groups is 1. The number of hydrogen-bond acceptors (Lipinski definition) is 7. The number of rotatable bonds is 8. The first-order chi connectivity index (χ1) is 13.1. The molecule has 3 aromatic rings. The van der Waals surface area contributed by atoms with Gasteiger partial charge in [-0.15, -0.1) is 10.2 Å². The fourth-order valence-electron chi connectivity index (χ4n) is 2.44. The molecular weight excluding hydrogens is 366 g/mol. The minimum Gasteiger partial charge on any atom is -0.494 e. The smallest absolute Gasteiger partial charge is 0.316 e. The van der Waals surface area contributed by atoms with Gasteiger partial charge in [0.15, 0.2) is 10.9 Å². The second-order valence-corrected chi connectivity index (χ2v) is 6.82. The Morgan fingerprint density at radius 2 is 2.00 bits per heavy atom. The quantitative estimate of drug-likeness (QED) is 0.427. The third kappa shape index (κ3) is 4.71. The second kappa shape index (κ2) is 8.77. The monoisotopic (exact) mass is 387 g/mol. The zero-order valence-corrected chi connectivity index (χ0v) is 16.2. The second-order valence-electron chi connectivity index (χ2n) is 5.87. The maximum absolute atomic E-state index is 11.9. The van der Waals surface area contributed by atoms with Crippen LogP contribution in [0, 0.1) is 0 Å². The molecule has 142 valence electrons. The molecule has 0 spiro atoms. The van der Waals surface area contributed by atoms with E-state index in [0.717, 1.165) is 11.4 Å². The zero-order valence-electron chi connectivity index (χ0n) is 15.4. The Kier molecular flexibility index (Phi) is 6.18. The Hall–Kier alpha value is -2.74. The largest absolute Gasteiger partial charge is 0.494 e. The van der Waals surface area contributed by atoms with Crippen molar-refractivity contribution in [2.75, 3.05) is 12.4 Å². The molecule has 0 bridgehead atoms. The molecule has 0 N–H and O–H groups in total. The van der Waals surface area contributed by atoms with Gasteiger partial charge in [-0.3, -0.25) is 9.36 Å². The minimum absolute atomic E-state index is 0.144. The van der Waals surface area contributed by atoms with Gasteiger partial charge in [-0.05, 0) is 57.2 Å². The van der Waals surface area contributed by atoms with Gasteiger partial charge >= 0.3 is 5.97 Å². The summed E-state index contributed by atoms with van der Waals surface area (Å²) in [6.07, 6.45) is 1.43. The Balaban J connectivity index is 1.91. The molecule has 27 heavy (non-hydrogen) atoms. The fraction of sp³-hybridized carbons (Fsp3) is 0.316. The van der Waals surface area contributed by atoms with Gasteiger partial charge in [0.1, 0.15) is 5.75 Å². The van der Waals surface area contributed by atoms with Crippen LogP contribution in [0.25, 0.3) is 17.3 Å². The summed E-state index contributed by atoms with van der Waals surface area (Å²) in [6.45, 7) is 6.18. The molecule has 0 fully saturated rings. The van der Waals surface area contributed by atoms with Crippen LogP contribution < -0.4 is 4.74 Å². The number of benzene rings is 1. The van der Waals surface area contributed by atoms with Crippen molar-refractivity contribution in [1.82, 2.24) is 14.8 Å². The summed E-state index contributed by atoms with van der Waals surface area (Å²) in [5.41, 5.74) is 0.842. The van der Waals surface area contributed by atoms with E-state index in [1.54, 1.807) is 12.3 Å². The summed E-state index contributed by atoms with van der Waals surface area (Å²) >= 11 is 1.27. The van der Waals surface area contributed by atoms with E-state index in [2.05, 4.69) is 10.2 Å². The molecule has 3 rings (SSSR count). The Morgan fingerprint density at radius 1 is 1.22 bits per heavy atom. The molecular formula is C19H21N3O4S. The molecule has 0 saturated carbocycles. The van der Waals surface area contributed by atoms with Crippen molar-refractivity contribution in [3.63, 3.8) is 0 Å². The van der Waals surface area contributed by atoms with Gasteiger partial charge in [0, 0.05) is 0 Å². The number of furan rings is 1. The third-order valence-corrected chi connectivity index (χ3v) is 4.37. The number of nitrogens with zero attached hydrogens (tertiary/aromatic N) is 3. The summed E-state index contributed by atoms with van der Waals surface area (Å²) in [5.74, 6) is 1.78. The van der Waals surface area contributed by atoms with E-state index in [4.69, 9.17) is 13.9 Å². The van der Waals surface area contributed by atoms with Crippen LogP contribution >= 0.6 is 11.8 Å². The molecule has 7 nitrogen and oxygen atoms in total. The highest BCUT2D eigenvalue weighted by atomic mass is 32.2. The molecule has 0 saturated heterocycles. The lowest BCUT2D eigenvalue weighted by Gasteiger charge is -2.11. The van der Waals surface area contributed by atoms with E-state index in [1.807, 2.05) is 55.7 Å². The van der Waals surface area contributed by atoms with Crippen LogP contribution in [0.3, 0.4) is 0 Å². The van der Waals surface area contributed by atoms with Crippen molar-refractivity contribution in [3.8, 4) is 23.0 Å². The highest BCUT2D eigenvalue weighted by Crippen LogP contribution is 2.29. The van der Waals surface area contributed by atoms with E-state index in [9.17, 15) is 4.79 Å². The number of aromatic nitrogens is 3. The van der Waals surface area contributed by atoms with E-state index in [1.165, 1.54) is 11.8 Å². The van der Waals surface area contributed by atoms with Crippen molar-refractivity contribution < 1.29 is 18.7 Å². The maximum Gasteiger partial charge on any atom is 0.316 e. The maximum atomic E-state index is 11.9. The van der Waals surface area contributed by atoms with Crippen LogP contribution in [0.4, 0.5) is 0 Å². The molecule has 0 unspecified atom stereocenters. The molecule has 2 aromatic heterocycles. The first-order valence-electron chi connectivity index (χ1n) is 8.63. The van der Waals surface area contributed by atoms with Crippen molar-refractivity contribution >= 4 is 17.7 Å². The van der Waals surface area contributed by atoms with Crippen LogP contribution in [0.1, 0.15) is 20.8 Å². The summed E-state index contributed by atoms with van der Waals surface area (Å²) < 4.78 is 18.0. The van der Waals surface area contributed by atoms with Gasteiger partial charge in [-0.1, -0.05) is 11.8 Å². The predicted octanol–water partition coefficient (Wildman–Crippen LogP) is 3.97. The Labute approximate surface area is 161 Å². The number of ether oxygens (including phenoxy) is 2. The first-order valence-corrected chi connectivity index (χ1v) is 9.62. The van der Waals surface area contributed by atoms with Crippen LogP contribution in [0.2, 0.25) is 0 Å². The highest BCUT2D eigenvalue weighted by molar-refractivity contribution is 7.99. The number of hydrogen-bond donors (Lipinski definition) is 0. The summed E-state index contributed by atoms with van der Waals surface area (Å²) in [7, 11) is 0. The molecule has 1 aromatic carbocycles. The third-order valence-electron chi connectivity index (χ3n) is 3.47. The summed E-state index contributed by atoms with van der Waals surface area (Å²) in [6, 6.07) is 11.2. The van der Waals surface area contributed by atoms with E-state index < -0.39 is 0 Å². The summed E-state index contributed by atoms with van der Waals surface area (Å²) in [5, 5.41) is 9.06. The standard InChI is InChI=1S/C19H21N3O4S/c1-4-24-15-9-7-14(8-10-15)22-18(16-6-5-11-25-16)20-21-19(22)27-12-17(23)26-13(2)3/h5-11,13H,4,12H2,1-3H3. The van der Waals surface area contributed by atoms with Crippen molar-refractivity contribution in [2.24, 2.45) is 0 Å². The molecule has 2 heterocycles. The van der Waals surface area contributed by atoms with Crippen molar-refractivity contribution in [3.05, 3.63) is 42.7 Å². The van der Waals surface area contributed by atoms with Crippen LogP contribution in [-0.2, 0) is 9.53 Å². The van der Waals surface area contributed by atoms with Crippen molar-refractivity contribution in [1.29, 1.82) is 0 Å². The van der Waals surface area contributed by atoms with E-state index in [0.29, 0.717) is 23.3 Å². The highest BCUT2D eigenvalue weighted by Gasteiger charge is 2.19. The normalized spacial score (nSPS) is 11.0. The Morgan fingerprint density at radius 3 is 2.63 bits per heavy atom. The molecule has 0 atom stereocenters. The Bertz CT molecular complexity index is 873. The predicted molar refractivity (Wildman–Crippen MR) is 102 cm³/mol. The van der Waals surface area contributed by atoms with E-state index >= 15 is 0 Å². The fourth-order valence-corrected chi connectivity index (χ4v) is 3.17. The first kappa shape index (κ1) is 19.0. The van der Waals surface area contributed by atoms with Crippen LogP contribution in [0.15, 0.2) is 52.2 Å². The number of carbonyl (C=O) groups is 1. The molecule has 8 heteroatoms. The molecule has 0 aliphatic heterocycles. The lowest BCUT2D eigenvalue weighted by molar-refractivity contribution is -0.144. The lowest BCUT2D eigenvalue weighted by Crippen LogP contribution is -2.13. The van der Waals surface area contributed by atoms with Gasteiger partial charge < -0.3 is 13.9 Å². The SMILES string of the molecule is CCOc1ccc(-n2c(SCC(=O)OC(C)C)nnc2-c2ccco2)cc1. The van der Waals surface area contributed by atoms with Gasteiger partial charge in [-0.25, -0.2) is 0 Å². The number of carbonyl (C=O) groups excluding carboxylic acids is 1. The minimum atomic E-state index is -0.296. The average molecular weight is 387 g/mol. The van der Waals surface area contributed by atoms with Crippen LogP contribution in [0.5, 0.6) is 5.75 Å². The van der Waals surface area contributed by atoms with Crippen LogP contribution in [-0.4, -0.2) is 39.2 Å². The zero-order chi connectivity index (χ0) is 19.2. The van der Waals surface area contributed by atoms with Gasteiger partial charge in [0.2, 0.25) is 5.82 Å².